The first-order chi connectivity index (χ1) is 8.97. The molecule has 2 rings (SSSR count). The smallest absolute Gasteiger partial charge is 0.253 e. The summed E-state index contributed by atoms with van der Waals surface area (Å²) >= 11 is 18.0. The lowest BCUT2D eigenvalue weighted by molar-refractivity contribution is 0.0690. The summed E-state index contributed by atoms with van der Waals surface area (Å²) in [5, 5.41) is 1.14. The maximum atomic E-state index is 12.4. The van der Waals surface area contributed by atoms with E-state index in [1.807, 2.05) is 11.8 Å². The molecule has 19 heavy (non-hydrogen) atoms. The van der Waals surface area contributed by atoms with Crippen LogP contribution in [0.2, 0.25) is 10.0 Å². The molecule has 0 aromatic heterocycles. The second-order valence-corrected chi connectivity index (χ2v) is 6.53. The summed E-state index contributed by atoms with van der Waals surface area (Å²) in [6.45, 7) is 3.50. The molecular formula is C14H16Cl3NO. The molecule has 0 radical (unpaired) electrons. The summed E-state index contributed by atoms with van der Waals surface area (Å²) < 4.78 is 0. The van der Waals surface area contributed by atoms with Gasteiger partial charge in [-0.3, -0.25) is 4.79 Å². The van der Waals surface area contributed by atoms with E-state index in [2.05, 4.69) is 0 Å². The fourth-order valence-electron chi connectivity index (χ4n) is 2.42. The van der Waals surface area contributed by atoms with Crippen LogP contribution in [-0.2, 0) is 0 Å². The Hall–Kier alpha value is -0.440. The lowest BCUT2D eigenvalue weighted by Crippen LogP contribution is -2.40. The molecule has 1 amide bonds. The standard InChI is InChI=1S/C14H16Cl3NO/c1-9(15)10-2-4-18(5-3-10)14(19)11-6-12(16)8-13(17)7-11/h6-10H,2-5H2,1H3. The number of nitrogens with zero attached hydrogens (tertiary/aromatic N) is 1. The van der Waals surface area contributed by atoms with Crippen molar-refractivity contribution in [3.05, 3.63) is 33.8 Å². The van der Waals surface area contributed by atoms with E-state index in [4.69, 9.17) is 34.8 Å². The molecule has 104 valence electrons. The molecule has 1 saturated heterocycles. The summed E-state index contributed by atoms with van der Waals surface area (Å²) in [6.07, 6.45) is 1.90. The Morgan fingerprint density at radius 1 is 1.21 bits per heavy atom. The fraction of sp³-hybridized carbons (Fsp3) is 0.500. The van der Waals surface area contributed by atoms with Crippen molar-refractivity contribution in [3.63, 3.8) is 0 Å². The largest absolute Gasteiger partial charge is 0.339 e. The van der Waals surface area contributed by atoms with Gasteiger partial charge in [0.25, 0.3) is 5.91 Å². The maximum absolute atomic E-state index is 12.4. The van der Waals surface area contributed by atoms with Gasteiger partial charge in [-0.15, -0.1) is 11.6 Å². The zero-order valence-electron chi connectivity index (χ0n) is 10.7. The highest BCUT2D eigenvalue weighted by molar-refractivity contribution is 6.35. The highest BCUT2D eigenvalue weighted by Gasteiger charge is 2.26. The van der Waals surface area contributed by atoms with Gasteiger partial charge >= 0.3 is 0 Å². The topological polar surface area (TPSA) is 20.3 Å². The first-order valence-corrected chi connectivity index (χ1v) is 7.56. The van der Waals surface area contributed by atoms with E-state index >= 15 is 0 Å². The molecule has 1 fully saturated rings. The van der Waals surface area contributed by atoms with E-state index in [0.717, 1.165) is 25.9 Å². The van der Waals surface area contributed by atoms with E-state index in [1.54, 1.807) is 18.2 Å². The van der Waals surface area contributed by atoms with Crippen LogP contribution in [0.4, 0.5) is 0 Å². The van der Waals surface area contributed by atoms with Gasteiger partial charge in [0.2, 0.25) is 0 Å². The van der Waals surface area contributed by atoms with Crippen LogP contribution in [0.15, 0.2) is 18.2 Å². The number of likely N-dealkylation sites (tertiary alicyclic amines) is 1. The number of benzene rings is 1. The van der Waals surface area contributed by atoms with Gasteiger partial charge in [0.15, 0.2) is 0 Å². The molecule has 1 atom stereocenters. The number of amides is 1. The van der Waals surface area contributed by atoms with Crippen LogP contribution >= 0.6 is 34.8 Å². The number of piperidine rings is 1. The van der Waals surface area contributed by atoms with Crippen LogP contribution in [0, 0.1) is 5.92 Å². The van der Waals surface area contributed by atoms with Gasteiger partial charge in [0.1, 0.15) is 0 Å². The maximum Gasteiger partial charge on any atom is 0.253 e. The summed E-state index contributed by atoms with van der Waals surface area (Å²) in [5.41, 5.74) is 0.551. The van der Waals surface area contributed by atoms with Crippen molar-refractivity contribution >= 4 is 40.7 Å². The zero-order valence-corrected chi connectivity index (χ0v) is 13.0. The lowest BCUT2D eigenvalue weighted by Gasteiger charge is -2.33. The van der Waals surface area contributed by atoms with E-state index in [-0.39, 0.29) is 11.3 Å². The van der Waals surface area contributed by atoms with Crippen molar-refractivity contribution in [1.82, 2.24) is 4.90 Å². The van der Waals surface area contributed by atoms with Crippen molar-refractivity contribution in [2.75, 3.05) is 13.1 Å². The van der Waals surface area contributed by atoms with Crippen molar-refractivity contribution in [3.8, 4) is 0 Å². The second kappa shape index (κ2) is 6.34. The molecule has 1 aromatic carbocycles. The molecule has 2 nitrogen and oxygen atoms in total. The Bertz CT molecular complexity index is 448. The minimum absolute atomic E-state index is 0.00919. The van der Waals surface area contributed by atoms with Crippen LogP contribution in [-0.4, -0.2) is 29.3 Å². The molecule has 1 aliphatic rings. The highest BCUT2D eigenvalue weighted by Crippen LogP contribution is 2.26. The van der Waals surface area contributed by atoms with Crippen LogP contribution in [0.25, 0.3) is 0 Å². The van der Waals surface area contributed by atoms with Crippen LogP contribution in [0.1, 0.15) is 30.1 Å². The predicted octanol–water partition coefficient (Wildman–Crippen LogP) is 4.47. The average molecular weight is 321 g/mol. The summed E-state index contributed by atoms with van der Waals surface area (Å²) in [4.78, 5) is 14.2. The minimum atomic E-state index is -0.00919. The monoisotopic (exact) mass is 319 g/mol. The van der Waals surface area contributed by atoms with Gasteiger partial charge in [-0.1, -0.05) is 23.2 Å². The van der Waals surface area contributed by atoms with Gasteiger partial charge in [-0.2, -0.15) is 0 Å². The molecular weight excluding hydrogens is 305 g/mol. The number of hydrogen-bond acceptors (Lipinski definition) is 1. The van der Waals surface area contributed by atoms with Gasteiger partial charge in [0.05, 0.1) is 0 Å². The Morgan fingerprint density at radius 3 is 2.21 bits per heavy atom. The third kappa shape index (κ3) is 3.77. The van der Waals surface area contributed by atoms with Crippen molar-refractivity contribution < 1.29 is 4.79 Å². The highest BCUT2D eigenvalue weighted by atomic mass is 35.5. The number of carbonyl (C=O) groups excluding carboxylic acids is 1. The molecule has 1 aliphatic heterocycles. The van der Waals surface area contributed by atoms with E-state index in [1.165, 1.54) is 0 Å². The third-order valence-corrected chi connectivity index (χ3v) is 4.38. The van der Waals surface area contributed by atoms with Gasteiger partial charge in [0, 0.05) is 34.1 Å². The second-order valence-electron chi connectivity index (χ2n) is 4.97. The summed E-state index contributed by atoms with van der Waals surface area (Å²) in [5.74, 6) is 0.485. The number of rotatable bonds is 2. The number of hydrogen-bond donors (Lipinski definition) is 0. The summed E-state index contributed by atoms with van der Waals surface area (Å²) in [6, 6.07) is 4.94. The normalized spacial score (nSPS) is 18.4. The molecule has 0 spiro atoms. The molecule has 0 aliphatic carbocycles. The number of carbonyl (C=O) groups is 1. The van der Waals surface area contributed by atoms with Gasteiger partial charge in [-0.25, -0.2) is 0 Å². The fourth-order valence-corrected chi connectivity index (χ4v) is 3.20. The SMILES string of the molecule is CC(Cl)C1CCN(C(=O)c2cc(Cl)cc(Cl)c2)CC1. The van der Waals surface area contributed by atoms with Crippen LogP contribution < -0.4 is 0 Å². The molecule has 0 bridgehead atoms. The Kier molecular flexibility index (Phi) is 4.99. The van der Waals surface area contributed by atoms with Crippen molar-refractivity contribution in [2.24, 2.45) is 5.92 Å². The molecule has 5 heteroatoms. The molecule has 1 aromatic rings. The quantitative estimate of drug-likeness (QED) is 0.736. The van der Waals surface area contributed by atoms with E-state index in [9.17, 15) is 4.79 Å². The average Bonchev–Trinajstić information content (AvgIpc) is 2.37. The van der Waals surface area contributed by atoms with Crippen LogP contribution in [0.3, 0.4) is 0 Å². The first kappa shape index (κ1) is 15.0. The molecule has 0 saturated carbocycles. The van der Waals surface area contributed by atoms with Crippen molar-refractivity contribution in [1.29, 1.82) is 0 Å². The molecule has 1 unspecified atom stereocenters. The molecule has 1 heterocycles. The van der Waals surface area contributed by atoms with Crippen LogP contribution in [0.5, 0.6) is 0 Å². The summed E-state index contributed by atoms with van der Waals surface area (Å²) in [7, 11) is 0. The van der Waals surface area contributed by atoms with Gasteiger partial charge in [-0.05, 0) is 43.9 Å². The minimum Gasteiger partial charge on any atom is -0.339 e. The van der Waals surface area contributed by atoms with E-state index < -0.39 is 0 Å². The lowest BCUT2D eigenvalue weighted by atomic mass is 9.93. The number of halogens is 3. The van der Waals surface area contributed by atoms with Crippen molar-refractivity contribution in [2.45, 2.75) is 25.1 Å². The Labute approximate surface area is 128 Å². The Balaban J connectivity index is 2.05. The zero-order chi connectivity index (χ0) is 14.0. The van der Waals surface area contributed by atoms with Gasteiger partial charge < -0.3 is 4.90 Å². The predicted molar refractivity (Wildman–Crippen MR) is 80.4 cm³/mol. The van der Waals surface area contributed by atoms with E-state index in [0.29, 0.717) is 21.5 Å². The first-order valence-electron chi connectivity index (χ1n) is 6.37. The molecule has 0 N–H and O–H groups in total. The number of alkyl halides is 1. The Morgan fingerprint density at radius 2 is 1.74 bits per heavy atom. The third-order valence-electron chi connectivity index (χ3n) is 3.59.